The molecule has 5 rings (SSSR count). The summed E-state index contributed by atoms with van der Waals surface area (Å²) in [6.07, 6.45) is -12.7. The number of nitrogens with one attached hydrogen (secondary N) is 1. The van der Waals surface area contributed by atoms with Gasteiger partial charge in [0.2, 0.25) is 0 Å². The minimum Gasteiger partial charge on any atom is -0.461 e. The van der Waals surface area contributed by atoms with Gasteiger partial charge < -0.3 is 72.5 Å². The summed E-state index contributed by atoms with van der Waals surface area (Å²) in [6, 6.07) is 9.29. The Morgan fingerprint density at radius 2 is 1.49 bits per heavy atom. The first-order valence-corrected chi connectivity index (χ1v) is 27.8. The summed E-state index contributed by atoms with van der Waals surface area (Å²) in [5.41, 5.74) is -0.610. The first kappa shape index (κ1) is 64.2. The van der Waals surface area contributed by atoms with Crippen LogP contribution in [0.1, 0.15) is 121 Å². The smallest absolute Gasteiger partial charge is 0.408 e. The number of benzene rings is 1. The molecule has 1 aromatic rings. The van der Waals surface area contributed by atoms with Gasteiger partial charge >= 0.3 is 18.0 Å². The van der Waals surface area contributed by atoms with E-state index >= 15 is 9.59 Å². The summed E-state index contributed by atoms with van der Waals surface area (Å²) in [5.74, 6) is -7.15. The molecule has 0 unspecified atom stereocenters. The molecule has 22 atom stereocenters. The fraction of sp³-hybridized carbons (Fsp3) is 0.793. The van der Waals surface area contributed by atoms with Gasteiger partial charge in [-0.05, 0) is 84.4 Å². The van der Waals surface area contributed by atoms with E-state index in [1.165, 1.54) is 14.2 Å². The van der Waals surface area contributed by atoms with Gasteiger partial charge in [-0.15, -0.1) is 0 Å². The van der Waals surface area contributed by atoms with Crippen LogP contribution >= 0.6 is 0 Å². The molecule has 4 aliphatic rings. The Morgan fingerprint density at radius 3 is 2.13 bits per heavy atom. The van der Waals surface area contributed by atoms with Crippen LogP contribution in [0.25, 0.3) is 0 Å². The number of rotatable bonds is 16. The van der Waals surface area contributed by atoms with Crippen molar-refractivity contribution in [1.82, 2.24) is 10.2 Å². The van der Waals surface area contributed by atoms with Crippen LogP contribution in [-0.2, 0) is 73.0 Å². The van der Waals surface area contributed by atoms with E-state index in [1.807, 2.05) is 85.8 Å². The molecule has 0 saturated carbocycles. The van der Waals surface area contributed by atoms with E-state index in [-0.39, 0.29) is 50.2 Å². The van der Waals surface area contributed by atoms with E-state index in [2.05, 4.69) is 23.7 Å². The van der Waals surface area contributed by atoms with Crippen molar-refractivity contribution in [3.05, 3.63) is 48.0 Å². The van der Waals surface area contributed by atoms with Crippen LogP contribution in [0.3, 0.4) is 0 Å². The average molecular weight is 1090 g/mol. The van der Waals surface area contributed by atoms with Crippen LogP contribution in [0.4, 0.5) is 4.79 Å². The van der Waals surface area contributed by atoms with Crippen molar-refractivity contribution in [2.45, 2.75) is 220 Å². The third kappa shape index (κ3) is 16.7. The second-order valence-corrected chi connectivity index (χ2v) is 23.4. The highest BCUT2D eigenvalue weighted by Gasteiger charge is 2.52. The number of likely N-dealkylation sites (N-methyl/N-ethyl adjacent to an activating group) is 1. The van der Waals surface area contributed by atoms with Crippen LogP contribution in [-0.4, -0.2) is 171 Å². The van der Waals surface area contributed by atoms with Crippen molar-refractivity contribution in [2.75, 3.05) is 34.4 Å². The molecule has 4 fully saturated rings. The number of hydrogen-bond donors (Lipinski definition) is 3. The quantitative estimate of drug-likeness (QED) is 0.0883. The van der Waals surface area contributed by atoms with Crippen molar-refractivity contribution < 1.29 is 81.5 Å². The number of ether oxygens (including phenoxy) is 11. The first-order valence-electron chi connectivity index (χ1n) is 27.8. The highest BCUT2D eigenvalue weighted by molar-refractivity contribution is 5.91. The third-order valence-corrected chi connectivity index (χ3v) is 16.1. The molecular formula is C58H94N2O17. The van der Waals surface area contributed by atoms with Gasteiger partial charge in [-0.25, -0.2) is 4.79 Å². The van der Waals surface area contributed by atoms with Gasteiger partial charge in [0.15, 0.2) is 30.3 Å². The molecule has 0 bridgehead atoms. The van der Waals surface area contributed by atoms with E-state index in [4.69, 9.17) is 52.1 Å². The number of carbonyl (C=O) groups excluding carboxylic acids is 4. The molecule has 0 aliphatic carbocycles. The predicted octanol–water partition coefficient (Wildman–Crippen LogP) is 6.76. The second kappa shape index (κ2) is 28.7. The Kier molecular flexibility index (Phi) is 23.9. The number of methoxy groups -OCH3 is 2. The number of aliphatic hydroxyl groups excluding tert-OH is 2. The van der Waals surface area contributed by atoms with Gasteiger partial charge in [-0.2, -0.15) is 0 Å². The maximum absolute atomic E-state index is 15.8. The third-order valence-electron chi connectivity index (χ3n) is 16.1. The Labute approximate surface area is 457 Å². The number of esters is 2. The summed E-state index contributed by atoms with van der Waals surface area (Å²) in [5, 5.41) is 25.3. The average Bonchev–Trinajstić information content (AvgIpc) is 3.49. The zero-order chi connectivity index (χ0) is 57.2. The molecule has 438 valence electrons. The zero-order valence-corrected chi connectivity index (χ0v) is 48.7. The molecular weight excluding hydrogens is 997 g/mol. The molecule has 0 spiro atoms. The van der Waals surface area contributed by atoms with Gasteiger partial charge in [0.25, 0.3) is 0 Å². The van der Waals surface area contributed by atoms with Gasteiger partial charge in [0, 0.05) is 63.9 Å². The topological polar surface area (TPSA) is 226 Å². The lowest BCUT2D eigenvalue weighted by Crippen LogP contribution is -2.59. The van der Waals surface area contributed by atoms with Crippen LogP contribution in [0.15, 0.2) is 42.5 Å². The molecule has 1 aromatic carbocycles. The van der Waals surface area contributed by atoms with Crippen molar-refractivity contribution in [2.24, 2.45) is 41.4 Å². The van der Waals surface area contributed by atoms with Gasteiger partial charge in [0.05, 0.1) is 49.0 Å². The van der Waals surface area contributed by atoms with Crippen molar-refractivity contribution >= 4 is 23.8 Å². The minimum absolute atomic E-state index is 0.0193. The van der Waals surface area contributed by atoms with Crippen molar-refractivity contribution in [1.29, 1.82) is 0 Å². The summed E-state index contributed by atoms with van der Waals surface area (Å²) >= 11 is 0. The zero-order valence-electron chi connectivity index (χ0n) is 48.7. The molecule has 0 radical (unpaired) electrons. The number of alkyl carbamates (subject to hydrolysis) is 1. The fourth-order valence-electron chi connectivity index (χ4n) is 11.7. The molecule has 4 aliphatic heterocycles. The molecule has 19 nitrogen and oxygen atoms in total. The first-order chi connectivity index (χ1) is 36.2. The molecule has 19 heteroatoms. The number of Topliss-reactive ketones (excluding diaryl/α,β-unsaturated/α-hetero) is 1. The van der Waals surface area contributed by atoms with Crippen LogP contribution < -0.4 is 5.32 Å². The lowest BCUT2D eigenvalue weighted by molar-refractivity contribution is -0.305. The van der Waals surface area contributed by atoms with Gasteiger partial charge in [-0.1, -0.05) is 85.4 Å². The van der Waals surface area contributed by atoms with Crippen LogP contribution in [0, 0.1) is 41.4 Å². The number of cyclic esters (lactones) is 1. The van der Waals surface area contributed by atoms with E-state index in [9.17, 15) is 19.8 Å². The largest absolute Gasteiger partial charge is 0.461 e. The number of ketones is 1. The Bertz CT molecular complexity index is 2060. The second-order valence-electron chi connectivity index (χ2n) is 23.4. The lowest BCUT2D eigenvalue weighted by atomic mass is 9.74. The highest BCUT2D eigenvalue weighted by atomic mass is 16.7. The Balaban J connectivity index is 1.69. The number of nitrogens with zero attached hydrogens (tertiary/aromatic N) is 1. The number of aliphatic hydroxyl groups is 2. The van der Waals surface area contributed by atoms with Crippen LogP contribution in [0.5, 0.6) is 0 Å². The molecule has 4 saturated heterocycles. The molecule has 3 N–H and O–H groups in total. The lowest BCUT2D eigenvalue weighted by Gasteiger charge is -2.45. The normalized spacial score (nSPS) is 39.7. The van der Waals surface area contributed by atoms with E-state index in [1.54, 1.807) is 34.6 Å². The number of amides is 1. The standard InChI is InChI=1S/C58H94N2O17/c1-30(2)23-43(61)73-49-38(10)48(33(5)29-69-56-52(68-17)51(67-16)46(63)41(13)72-56)75-54(65)40(12)50(74-44-25-34(6)60(15)28-36(8)70-44)37(9)47(76-55-45(62)31(3)24-35(7)71-55)32(4)26-58(14,53(64)39(49)11)77-57(66)59-27-42-21-19-18-20-22-42/h18-22,30,32-41,44-52,55-56,62-63H,3,23-29H2,1-2,4-17H3,(H,59,66)/t32-,33-,34+,35+,36-,37+,38-,39+,40+,41+,44-,45+,46+,47-,48+,49+,50-,51+,52+,55-,56+,58-/m0/s1. The highest BCUT2D eigenvalue weighted by Crippen LogP contribution is 2.41. The SMILES string of the molecule is C=C1C[C@@H](C)O[C@@H](O[C@@H]2[C@@H](C)[C@H](O[C@H]3C[C@@H](C)N(C)C[C@H](C)O3)[C@@H](C)C(=O)O[C@H]([C@@H](C)CO[C@@H]3O[C@H](C)[C@@H](O)[C@@H](OC)[C@H]3OC)[C@H](C)[C@@H](OC(=O)CC(C)C)[C@@H](C)C(=O)[C@@](C)(OC(=O)NCc3ccccc3)C[C@@H]2C)[C@@H]1O. The maximum Gasteiger partial charge on any atom is 0.408 e. The number of hydrogen-bond acceptors (Lipinski definition) is 18. The molecule has 0 aromatic heterocycles. The van der Waals surface area contributed by atoms with E-state index in [0.29, 0.717) is 25.0 Å². The Morgan fingerprint density at radius 1 is 0.831 bits per heavy atom. The monoisotopic (exact) mass is 1090 g/mol. The maximum atomic E-state index is 15.8. The number of carbonyl (C=O) groups is 4. The van der Waals surface area contributed by atoms with E-state index in [0.717, 1.165) is 5.56 Å². The van der Waals surface area contributed by atoms with E-state index < -0.39 is 139 Å². The Hall–Kier alpha value is -3.60. The molecule has 1 amide bonds. The fourth-order valence-corrected chi connectivity index (χ4v) is 11.7. The summed E-state index contributed by atoms with van der Waals surface area (Å²) < 4.78 is 70.3. The summed E-state index contributed by atoms with van der Waals surface area (Å²) in [4.78, 5) is 61.4. The van der Waals surface area contributed by atoms with Gasteiger partial charge in [0.1, 0.15) is 36.6 Å². The van der Waals surface area contributed by atoms with Gasteiger partial charge in [-0.3, -0.25) is 14.4 Å². The summed E-state index contributed by atoms with van der Waals surface area (Å²) in [7, 11) is 4.94. The van der Waals surface area contributed by atoms with Crippen LogP contribution in [0.2, 0.25) is 0 Å². The predicted molar refractivity (Wildman–Crippen MR) is 285 cm³/mol. The van der Waals surface area contributed by atoms with Crippen molar-refractivity contribution in [3.8, 4) is 0 Å². The molecule has 4 heterocycles. The summed E-state index contributed by atoms with van der Waals surface area (Å²) in [6.45, 7) is 28.3. The molecule has 77 heavy (non-hydrogen) atoms. The van der Waals surface area contributed by atoms with Crippen molar-refractivity contribution in [3.63, 3.8) is 0 Å². The minimum atomic E-state index is -1.92.